The van der Waals surface area contributed by atoms with Crippen molar-refractivity contribution in [2.45, 2.75) is 12.1 Å². The number of halogens is 1. The lowest BCUT2D eigenvalue weighted by atomic mass is 9.93. The fraction of sp³-hybridized carbons (Fsp3) is 0.0625. The second kappa shape index (κ2) is 12.2. The fourth-order valence-electron chi connectivity index (χ4n) is 4.51. The Kier molecular flexibility index (Phi) is 8.05. The lowest BCUT2D eigenvalue weighted by molar-refractivity contribution is 0.236. The maximum atomic E-state index is 13.4. The van der Waals surface area contributed by atoms with Crippen LogP contribution in [0.25, 0.3) is 10.8 Å². The van der Waals surface area contributed by atoms with Crippen LogP contribution >= 0.6 is 11.6 Å². The van der Waals surface area contributed by atoms with Gasteiger partial charge in [0.25, 0.3) is 0 Å². The van der Waals surface area contributed by atoms with Crippen molar-refractivity contribution in [3.8, 4) is 0 Å². The number of hydrogen-bond acceptors (Lipinski definition) is 2. The normalized spacial score (nSPS) is 12.2. The molecule has 0 aromatic heterocycles. The predicted octanol–water partition coefficient (Wildman–Crippen LogP) is 7.92. The Hall–Kier alpha value is -4.81. The number of anilines is 2. The van der Waals surface area contributed by atoms with Crippen LogP contribution < -0.4 is 21.3 Å². The summed E-state index contributed by atoms with van der Waals surface area (Å²) >= 11 is 5.99. The molecule has 0 aliphatic rings. The number of benzene rings is 5. The van der Waals surface area contributed by atoms with Gasteiger partial charge in [0, 0.05) is 16.1 Å². The van der Waals surface area contributed by atoms with Gasteiger partial charge in [0.05, 0.1) is 17.8 Å². The van der Waals surface area contributed by atoms with Gasteiger partial charge in [0.1, 0.15) is 0 Å². The third-order valence-corrected chi connectivity index (χ3v) is 6.62. The van der Waals surface area contributed by atoms with Crippen molar-refractivity contribution in [3.05, 3.63) is 144 Å². The average molecular weight is 535 g/mol. The van der Waals surface area contributed by atoms with Gasteiger partial charge < -0.3 is 21.3 Å². The molecule has 0 radical (unpaired) electrons. The van der Waals surface area contributed by atoms with Gasteiger partial charge in [-0.2, -0.15) is 0 Å². The fourth-order valence-corrected chi connectivity index (χ4v) is 4.64. The molecule has 0 aliphatic heterocycles. The van der Waals surface area contributed by atoms with E-state index in [2.05, 4.69) is 21.3 Å². The lowest BCUT2D eigenvalue weighted by Crippen LogP contribution is -2.43. The van der Waals surface area contributed by atoms with Crippen molar-refractivity contribution in [1.29, 1.82) is 0 Å². The van der Waals surface area contributed by atoms with E-state index in [-0.39, 0.29) is 6.03 Å². The van der Waals surface area contributed by atoms with Gasteiger partial charge in [0.15, 0.2) is 0 Å². The van der Waals surface area contributed by atoms with Gasteiger partial charge in [-0.25, -0.2) is 9.59 Å². The largest absolute Gasteiger partial charge is 0.329 e. The molecule has 0 heterocycles. The molecule has 5 aromatic carbocycles. The van der Waals surface area contributed by atoms with Crippen LogP contribution in [0.5, 0.6) is 0 Å². The number of amides is 4. The van der Waals surface area contributed by atoms with Crippen molar-refractivity contribution in [3.63, 3.8) is 0 Å². The number of carbonyl (C=O) groups excluding carboxylic acids is 2. The minimum Gasteiger partial charge on any atom is -0.329 e. The summed E-state index contributed by atoms with van der Waals surface area (Å²) in [7, 11) is 0. The second-order valence-electron chi connectivity index (χ2n) is 9.01. The highest BCUT2D eigenvalue weighted by Gasteiger charge is 2.28. The average Bonchev–Trinajstić information content (AvgIpc) is 2.97. The Balaban J connectivity index is 1.44. The van der Waals surface area contributed by atoms with Crippen molar-refractivity contribution in [1.82, 2.24) is 10.6 Å². The molecular weight excluding hydrogens is 508 g/mol. The Morgan fingerprint density at radius 2 is 1.05 bits per heavy atom. The van der Waals surface area contributed by atoms with E-state index in [4.69, 9.17) is 11.6 Å². The van der Waals surface area contributed by atoms with Crippen molar-refractivity contribution >= 4 is 45.8 Å². The van der Waals surface area contributed by atoms with E-state index < -0.39 is 18.1 Å². The maximum Gasteiger partial charge on any atom is 0.319 e. The Morgan fingerprint density at radius 3 is 1.67 bits per heavy atom. The molecule has 0 unspecified atom stereocenters. The van der Waals surface area contributed by atoms with Gasteiger partial charge in [-0.1, -0.05) is 109 Å². The van der Waals surface area contributed by atoms with E-state index in [1.807, 2.05) is 103 Å². The molecule has 0 saturated heterocycles. The molecule has 5 aromatic rings. The van der Waals surface area contributed by atoms with E-state index >= 15 is 0 Å². The highest BCUT2D eigenvalue weighted by molar-refractivity contribution is 6.30. The van der Waals surface area contributed by atoms with Crippen LogP contribution in [0, 0.1) is 0 Å². The first-order chi connectivity index (χ1) is 19.1. The molecule has 4 amide bonds. The summed E-state index contributed by atoms with van der Waals surface area (Å²) in [6, 6.07) is 37.7. The zero-order valence-corrected chi connectivity index (χ0v) is 21.7. The number of rotatable bonds is 7. The van der Waals surface area contributed by atoms with E-state index in [0.717, 1.165) is 21.9 Å². The first-order valence-electron chi connectivity index (χ1n) is 12.5. The number of carbonyl (C=O) groups is 2. The maximum absolute atomic E-state index is 13.4. The van der Waals surface area contributed by atoms with Gasteiger partial charge in [-0.05, 0) is 46.8 Å². The van der Waals surface area contributed by atoms with Crippen LogP contribution in [0.2, 0.25) is 5.02 Å². The van der Waals surface area contributed by atoms with E-state index in [9.17, 15) is 9.59 Å². The lowest BCUT2D eigenvalue weighted by Gasteiger charge is -2.30. The van der Waals surface area contributed by atoms with Crippen molar-refractivity contribution in [2.24, 2.45) is 0 Å². The van der Waals surface area contributed by atoms with Crippen molar-refractivity contribution < 1.29 is 9.59 Å². The standard InChI is InChI=1S/C32H27ClN4O2/c33-25-18-20-26(21-19-25)34-31(38)36-29(23-11-3-1-4-12-23)30(24-13-5-2-6-14-24)37-32(39)35-28-17-9-15-22-10-7-8-16-27(22)28/h1-21,29-30H,(H2,34,36,38)(H2,35,37,39)/t29-,30-/m0/s1. The molecular formula is C32H27ClN4O2. The highest BCUT2D eigenvalue weighted by atomic mass is 35.5. The molecule has 39 heavy (non-hydrogen) atoms. The Bertz CT molecular complexity index is 1560. The number of hydrogen-bond donors (Lipinski definition) is 4. The minimum atomic E-state index is -0.584. The van der Waals surface area contributed by atoms with Gasteiger partial charge >= 0.3 is 12.1 Å². The first kappa shape index (κ1) is 25.8. The van der Waals surface area contributed by atoms with Crippen molar-refractivity contribution in [2.75, 3.05) is 10.6 Å². The van der Waals surface area contributed by atoms with Gasteiger partial charge in [0.2, 0.25) is 0 Å². The molecule has 7 heteroatoms. The third kappa shape index (κ3) is 6.55. The molecule has 4 N–H and O–H groups in total. The summed E-state index contributed by atoms with van der Waals surface area (Å²) in [6.07, 6.45) is 0. The second-order valence-corrected chi connectivity index (χ2v) is 9.44. The topological polar surface area (TPSA) is 82.3 Å². The SMILES string of the molecule is O=C(Nc1ccc(Cl)cc1)N[C@@H](c1ccccc1)[C@@H](NC(=O)Nc1cccc2ccccc12)c1ccccc1. The van der Waals surface area contributed by atoms with Crippen LogP contribution in [0.1, 0.15) is 23.2 Å². The van der Waals surface area contributed by atoms with Crippen LogP contribution in [0.15, 0.2) is 127 Å². The summed E-state index contributed by atoms with van der Waals surface area (Å²) < 4.78 is 0. The predicted molar refractivity (Wildman–Crippen MR) is 158 cm³/mol. The molecule has 194 valence electrons. The van der Waals surface area contributed by atoms with Crippen LogP contribution in [-0.2, 0) is 0 Å². The molecule has 0 fully saturated rings. The molecule has 0 saturated carbocycles. The van der Waals surface area contributed by atoms with Gasteiger partial charge in [-0.3, -0.25) is 0 Å². The third-order valence-electron chi connectivity index (χ3n) is 6.36. The number of fused-ring (bicyclic) bond motifs is 1. The molecule has 0 bridgehead atoms. The molecule has 2 atom stereocenters. The van der Waals surface area contributed by atoms with E-state index in [1.54, 1.807) is 24.3 Å². The summed E-state index contributed by atoms with van der Waals surface area (Å²) in [5, 5.41) is 14.6. The van der Waals surface area contributed by atoms with Gasteiger partial charge in [-0.15, -0.1) is 0 Å². The minimum absolute atomic E-state index is 0.388. The zero-order chi connectivity index (χ0) is 27.0. The Morgan fingerprint density at radius 1 is 0.538 bits per heavy atom. The summed E-state index contributed by atoms with van der Waals surface area (Å²) in [6.45, 7) is 0. The van der Waals surface area contributed by atoms with Crippen LogP contribution in [-0.4, -0.2) is 12.1 Å². The molecule has 0 spiro atoms. The van der Waals surface area contributed by atoms with Crippen LogP contribution in [0.4, 0.5) is 21.0 Å². The summed E-state index contributed by atoms with van der Waals surface area (Å²) in [5.74, 6) is 0. The van der Waals surface area contributed by atoms with E-state index in [1.165, 1.54) is 0 Å². The molecule has 5 rings (SSSR count). The highest BCUT2D eigenvalue weighted by Crippen LogP contribution is 2.30. The Labute approximate surface area is 232 Å². The van der Waals surface area contributed by atoms with E-state index in [0.29, 0.717) is 16.4 Å². The zero-order valence-electron chi connectivity index (χ0n) is 21.0. The first-order valence-corrected chi connectivity index (χ1v) is 12.9. The monoisotopic (exact) mass is 534 g/mol. The summed E-state index contributed by atoms with van der Waals surface area (Å²) in [4.78, 5) is 26.6. The molecule has 0 aliphatic carbocycles. The molecule has 6 nitrogen and oxygen atoms in total. The summed E-state index contributed by atoms with van der Waals surface area (Å²) in [5.41, 5.74) is 2.97. The smallest absolute Gasteiger partial charge is 0.319 e. The number of urea groups is 2. The van der Waals surface area contributed by atoms with Crippen LogP contribution in [0.3, 0.4) is 0 Å². The quantitative estimate of drug-likeness (QED) is 0.171. The number of nitrogens with one attached hydrogen (secondary N) is 4.